The third-order valence-corrected chi connectivity index (χ3v) is 2.88. The van der Waals surface area contributed by atoms with Crippen LogP contribution in [-0.2, 0) is 0 Å². The van der Waals surface area contributed by atoms with Gasteiger partial charge >= 0.3 is 0 Å². The number of nitrogens with one attached hydrogen (secondary N) is 2. The Balaban J connectivity index is 2.13. The lowest BCUT2D eigenvalue weighted by molar-refractivity contribution is 0.0940. The molecule has 0 spiro atoms. The Kier molecular flexibility index (Phi) is 4.10. The molecule has 1 heterocycles. The number of pyridine rings is 1. The summed E-state index contributed by atoms with van der Waals surface area (Å²) in [6.45, 7) is 1.92. The number of rotatable bonds is 4. The molecule has 1 unspecified atom stereocenters. The minimum atomic E-state index is -0.169. The van der Waals surface area contributed by atoms with Gasteiger partial charge in [0.25, 0.3) is 5.91 Å². The van der Waals surface area contributed by atoms with E-state index in [9.17, 15) is 4.79 Å². The SMILES string of the molecule is CC(NC(=O)c1ccccc1NN)c1ccncc1. The van der Waals surface area contributed by atoms with E-state index in [2.05, 4.69) is 15.7 Å². The third kappa shape index (κ3) is 3.08. The first-order valence-corrected chi connectivity index (χ1v) is 5.99. The van der Waals surface area contributed by atoms with Gasteiger partial charge in [0.15, 0.2) is 0 Å². The highest BCUT2D eigenvalue weighted by molar-refractivity contribution is 5.99. The van der Waals surface area contributed by atoms with Gasteiger partial charge < -0.3 is 10.7 Å². The molecule has 1 aromatic heterocycles. The highest BCUT2D eigenvalue weighted by atomic mass is 16.1. The molecule has 2 rings (SSSR count). The lowest BCUT2D eigenvalue weighted by atomic mass is 10.1. The molecule has 19 heavy (non-hydrogen) atoms. The van der Waals surface area contributed by atoms with E-state index in [1.54, 1.807) is 30.6 Å². The Bertz CT molecular complexity index is 556. The normalized spacial score (nSPS) is 11.7. The Morgan fingerprint density at radius 2 is 1.89 bits per heavy atom. The van der Waals surface area contributed by atoms with Crippen LogP contribution in [0.15, 0.2) is 48.8 Å². The van der Waals surface area contributed by atoms with E-state index < -0.39 is 0 Å². The molecule has 0 aliphatic heterocycles. The molecule has 0 fully saturated rings. The van der Waals surface area contributed by atoms with Crippen molar-refractivity contribution >= 4 is 11.6 Å². The summed E-state index contributed by atoms with van der Waals surface area (Å²) in [7, 11) is 0. The van der Waals surface area contributed by atoms with Crippen molar-refractivity contribution < 1.29 is 4.79 Å². The number of amides is 1. The Labute approximate surface area is 111 Å². The van der Waals surface area contributed by atoms with Gasteiger partial charge in [-0.05, 0) is 36.8 Å². The van der Waals surface area contributed by atoms with E-state index in [1.165, 1.54) is 0 Å². The summed E-state index contributed by atoms with van der Waals surface area (Å²) in [4.78, 5) is 16.1. The minimum Gasteiger partial charge on any atom is -0.345 e. The van der Waals surface area contributed by atoms with E-state index in [0.717, 1.165) is 5.56 Å². The number of anilines is 1. The lowest BCUT2D eigenvalue weighted by Crippen LogP contribution is -2.28. The van der Waals surface area contributed by atoms with Gasteiger partial charge in [0, 0.05) is 12.4 Å². The van der Waals surface area contributed by atoms with Crippen molar-refractivity contribution in [3.05, 3.63) is 59.9 Å². The number of para-hydroxylation sites is 1. The monoisotopic (exact) mass is 256 g/mol. The van der Waals surface area contributed by atoms with Crippen molar-refractivity contribution in [2.24, 2.45) is 5.84 Å². The van der Waals surface area contributed by atoms with Gasteiger partial charge in [-0.15, -0.1) is 0 Å². The maximum atomic E-state index is 12.2. The molecule has 1 atom stereocenters. The zero-order valence-electron chi connectivity index (χ0n) is 10.6. The molecule has 98 valence electrons. The highest BCUT2D eigenvalue weighted by Gasteiger charge is 2.13. The number of nitrogen functional groups attached to an aromatic ring is 1. The van der Waals surface area contributed by atoms with Crippen LogP contribution in [0.2, 0.25) is 0 Å². The van der Waals surface area contributed by atoms with Crippen LogP contribution in [-0.4, -0.2) is 10.9 Å². The van der Waals surface area contributed by atoms with Crippen molar-refractivity contribution in [2.45, 2.75) is 13.0 Å². The van der Waals surface area contributed by atoms with Crippen LogP contribution in [0.4, 0.5) is 5.69 Å². The van der Waals surface area contributed by atoms with E-state index in [4.69, 9.17) is 5.84 Å². The van der Waals surface area contributed by atoms with Crippen LogP contribution in [0, 0.1) is 0 Å². The quantitative estimate of drug-likeness (QED) is 0.576. The van der Waals surface area contributed by atoms with Crippen molar-refractivity contribution in [2.75, 3.05) is 5.43 Å². The summed E-state index contributed by atoms with van der Waals surface area (Å²) in [6, 6.07) is 10.7. The molecule has 5 heteroatoms. The maximum absolute atomic E-state index is 12.2. The first-order valence-electron chi connectivity index (χ1n) is 5.99. The molecule has 0 aliphatic rings. The van der Waals surface area contributed by atoms with Crippen molar-refractivity contribution in [3.8, 4) is 0 Å². The molecule has 0 aliphatic carbocycles. The van der Waals surface area contributed by atoms with Gasteiger partial charge in [0.1, 0.15) is 0 Å². The predicted molar refractivity (Wildman–Crippen MR) is 74.4 cm³/mol. The molecule has 0 bridgehead atoms. The second kappa shape index (κ2) is 5.97. The van der Waals surface area contributed by atoms with Gasteiger partial charge in [-0.25, -0.2) is 0 Å². The highest BCUT2D eigenvalue weighted by Crippen LogP contribution is 2.16. The second-order valence-corrected chi connectivity index (χ2v) is 4.17. The number of benzene rings is 1. The summed E-state index contributed by atoms with van der Waals surface area (Å²) in [6.07, 6.45) is 3.40. The Morgan fingerprint density at radius 3 is 2.58 bits per heavy atom. The molecular formula is C14H16N4O. The number of hydrazine groups is 1. The molecule has 5 nitrogen and oxygen atoms in total. The van der Waals surface area contributed by atoms with E-state index in [-0.39, 0.29) is 11.9 Å². The van der Waals surface area contributed by atoms with Gasteiger partial charge in [-0.3, -0.25) is 15.6 Å². The molecule has 1 aromatic carbocycles. The Morgan fingerprint density at radius 1 is 1.21 bits per heavy atom. The summed E-state index contributed by atoms with van der Waals surface area (Å²) in [5.74, 6) is 5.22. The number of carbonyl (C=O) groups excluding carboxylic acids is 1. The van der Waals surface area contributed by atoms with Crippen LogP contribution in [0.25, 0.3) is 0 Å². The zero-order chi connectivity index (χ0) is 13.7. The number of hydrogen-bond donors (Lipinski definition) is 3. The van der Waals surface area contributed by atoms with E-state index >= 15 is 0 Å². The molecule has 4 N–H and O–H groups in total. The van der Waals surface area contributed by atoms with Crippen LogP contribution in [0.3, 0.4) is 0 Å². The minimum absolute atomic E-state index is 0.0960. The maximum Gasteiger partial charge on any atom is 0.253 e. The average molecular weight is 256 g/mol. The first kappa shape index (κ1) is 13.0. The number of carbonyl (C=O) groups is 1. The summed E-state index contributed by atoms with van der Waals surface area (Å²) >= 11 is 0. The molecule has 0 saturated heterocycles. The zero-order valence-corrected chi connectivity index (χ0v) is 10.6. The molecule has 1 amide bonds. The average Bonchev–Trinajstić information content (AvgIpc) is 2.48. The number of nitrogens with two attached hydrogens (primary N) is 1. The van der Waals surface area contributed by atoms with Gasteiger partial charge in [-0.1, -0.05) is 12.1 Å². The standard InChI is InChI=1S/C14H16N4O/c1-10(11-6-8-16-9-7-11)17-14(19)12-4-2-3-5-13(12)18-15/h2-10,18H,15H2,1H3,(H,17,19). The topological polar surface area (TPSA) is 80.0 Å². The van der Waals surface area contributed by atoms with Crippen LogP contribution < -0.4 is 16.6 Å². The largest absolute Gasteiger partial charge is 0.345 e. The van der Waals surface area contributed by atoms with Crippen molar-refractivity contribution in [1.82, 2.24) is 10.3 Å². The fourth-order valence-electron chi connectivity index (χ4n) is 1.82. The van der Waals surface area contributed by atoms with Gasteiger partial charge in [0.2, 0.25) is 0 Å². The summed E-state index contributed by atoms with van der Waals surface area (Å²) in [5.41, 5.74) is 4.64. The van der Waals surface area contributed by atoms with E-state index in [0.29, 0.717) is 11.3 Å². The molecule has 2 aromatic rings. The van der Waals surface area contributed by atoms with Crippen molar-refractivity contribution in [1.29, 1.82) is 0 Å². The molecule has 0 radical (unpaired) electrons. The lowest BCUT2D eigenvalue weighted by Gasteiger charge is -2.15. The van der Waals surface area contributed by atoms with Crippen LogP contribution >= 0.6 is 0 Å². The number of hydrogen-bond acceptors (Lipinski definition) is 4. The van der Waals surface area contributed by atoms with Gasteiger partial charge in [-0.2, -0.15) is 0 Å². The first-order chi connectivity index (χ1) is 9.22. The fraction of sp³-hybridized carbons (Fsp3) is 0.143. The summed E-state index contributed by atoms with van der Waals surface area (Å²) in [5, 5.41) is 2.92. The van der Waals surface area contributed by atoms with Crippen LogP contribution in [0.5, 0.6) is 0 Å². The Hall–Kier alpha value is -2.40. The third-order valence-electron chi connectivity index (χ3n) is 2.88. The van der Waals surface area contributed by atoms with Crippen LogP contribution in [0.1, 0.15) is 28.9 Å². The van der Waals surface area contributed by atoms with Gasteiger partial charge in [0.05, 0.1) is 17.3 Å². The number of nitrogens with zero attached hydrogens (tertiary/aromatic N) is 1. The van der Waals surface area contributed by atoms with E-state index in [1.807, 2.05) is 25.1 Å². The molecule has 0 saturated carbocycles. The van der Waals surface area contributed by atoms with Crippen molar-refractivity contribution in [3.63, 3.8) is 0 Å². The smallest absolute Gasteiger partial charge is 0.253 e. The summed E-state index contributed by atoms with van der Waals surface area (Å²) < 4.78 is 0. The predicted octanol–water partition coefficient (Wildman–Crippen LogP) is 1.86. The molecular weight excluding hydrogens is 240 g/mol. The fourth-order valence-corrected chi connectivity index (χ4v) is 1.82. The second-order valence-electron chi connectivity index (χ2n) is 4.17. The number of aromatic nitrogens is 1.